The summed E-state index contributed by atoms with van der Waals surface area (Å²) in [7, 11) is 1.39. The van der Waals surface area contributed by atoms with E-state index in [1.807, 2.05) is 25.7 Å². The molecule has 2 bridgehead atoms. The maximum atomic E-state index is 13.0. The molecule has 0 aromatic carbocycles. The highest BCUT2D eigenvalue weighted by Gasteiger charge is 2.45. The zero-order chi connectivity index (χ0) is 29.7. The van der Waals surface area contributed by atoms with Crippen molar-refractivity contribution < 1.29 is 28.5 Å². The van der Waals surface area contributed by atoms with Crippen LogP contribution in [0.3, 0.4) is 0 Å². The molecule has 42 heavy (non-hydrogen) atoms. The highest BCUT2D eigenvalue weighted by Crippen LogP contribution is 2.36. The van der Waals surface area contributed by atoms with Gasteiger partial charge in [-0.05, 0) is 72.4 Å². The van der Waals surface area contributed by atoms with Gasteiger partial charge in [0.15, 0.2) is 0 Å². The van der Waals surface area contributed by atoms with Crippen LogP contribution >= 0.6 is 0 Å². The van der Waals surface area contributed by atoms with Crippen molar-refractivity contribution in [3.63, 3.8) is 0 Å². The Bertz CT molecular complexity index is 1080. The van der Waals surface area contributed by atoms with Gasteiger partial charge in [-0.15, -0.1) is 0 Å². The van der Waals surface area contributed by atoms with Gasteiger partial charge in [-0.2, -0.15) is 9.97 Å². The minimum Gasteiger partial charge on any atom is -0.469 e. The molecule has 3 atom stereocenters. The van der Waals surface area contributed by atoms with E-state index in [1.165, 1.54) is 12.7 Å². The first kappa shape index (κ1) is 30.7. The third-order valence-corrected chi connectivity index (χ3v) is 8.60. The maximum Gasteiger partial charge on any atom is 0.410 e. The summed E-state index contributed by atoms with van der Waals surface area (Å²) in [5.74, 6) is 0.718. The lowest BCUT2D eigenvalue weighted by atomic mass is 10.1. The molecule has 234 valence electrons. The highest BCUT2D eigenvalue weighted by atomic mass is 16.6. The summed E-state index contributed by atoms with van der Waals surface area (Å²) >= 11 is 0. The number of piperazine rings is 1. The standard InChI is InChI=1S/C30H48N6O6/c1-30(2,3)42-29(38)36-21-8-9-22(36)19-35(18-21)27-24-10-12-31-17-25(24)32-28(33-27)41-20-23-7-5-13-34(23)14-6-15-40-16-11-26(37)39-4/h21-23,31H,5-20H2,1-4H3. The minimum atomic E-state index is -0.507. The van der Waals surface area contributed by atoms with E-state index in [0.29, 0.717) is 38.4 Å². The van der Waals surface area contributed by atoms with Crippen LogP contribution in [-0.2, 0) is 32.0 Å². The summed E-state index contributed by atoms with van der Waals surface area (Å²) in [6, 6.07) is 0.987. The van der Waals surface area contributed by atoms with Crippen LogP contribution in [0.1, 0.15) is 70.6 Å². The van der Waals surface area contributed by atoms with Crippen molar-refractivity contribution in [1.29, 1.82) is 0 Å². The van der Waals surface area contributed by atoms with Crippen molar-refractivity contribution in [2.75, 3.05) is 64.6 Å². The molecular weight excluding hydrogens is 540 g/mol. The molecule has 0 radical (unpaired) electrons. The molecule has 1 N–H and O–H groups in total. The number of nitrogens with zero attached hydrogens (tertiary/aromatic N) is 5. The van der Waals surface area contributed by atoms with Crippen LogP contribution in [0.2, 0.25) is 0 Å². The topological polar surface area (TPSA) is 119 Å². The molecule has 1 aromatic heterocycles. The average Bonchev–Trinajstić information content (AvgIpc) is 3.52. The molecule has 5 heterocycles. The number of amides is 1. The van der Waals surface area contributed by atoms with Gasteiger partial charge in [-0.1, -0.05) is 0 Å². The molecule has 3 unspecified atom stereocenters. The van der Waals surface area contributed by atoms with Crippen LogP contribution in [0, 0.1) is 0 Å². The SMILES string of the molecule is COC(=O)CCOCCCN1CCCC1COc1nc2c(c(N3CC4CCC(C3)N4C(=O)OC(C)(C)C)n1)CCNC2. The number of carbonyl (C=O) groups excluding carboxylic acids is 2. The molecule has 4 aliphatic rings. The zero-order valence-corrected chi connectivity index (χ0v) is 25.7. The molecule has 3 saturated heterocycles. The molecule has 4 aliphatic heterocycles. The average molecular weight is 589 g/mol. The first-order valence-electron chi connectivity index (χ1n) is 15.6. The molecule has 0 aliphatic carbocycles. The van der Waals surface area contributed by atoms with Gasteiger partial charge < -0.3 is 29.2 Å². The second-order valence-electron chi connectivity index (χ2n) is 12.8. The molecule has 1 amide bonds. The Labute approximate surface area is 249 Å². The Morgan fingerprint density at radius 3 is 2.60 bits per heavy atom. The summed E-state index contributed by atoms with van der Waals surface area (Å²) in [5.41, 5.74) is 1.70. The van der Waals surface area contributed by atoms with Gasteiger partial charge in [0.2, 0.25) is 0 Å². The number of esters is 1. The predicted molar refractivity (Wildman–Crippen MR) is 157 cm³/mol. The molecule has 5 rings (SSSR count). The molecule has 3 fully saturated rings. The van der Waals surface area contributed by atoms with Crippen molar-refractivity contribution in [2.24, 2.45) is 0 Å². The van der Waals surface area contributed by atoms with Gasteiger partial charge in [0.1, 0.15) is 18.0 Å². The zero-order valence-electron chi connectivity index (χ0n) is 25.7. The van der Waals surface area contributed by atoms with Crippen LogP contribution in [0.4, 0.5) is 10.6 Å². The minimum absolute atomic E-state index is 0.117. The molecule has 1 aromatic rings. The summed E-state index contributed by atoms with van der Waals surface area (Å²) in [4.78, 5) is 40.8. The molecule has 0 spiro atoms. The number of anilines is 1. The number of aromatic nitrogens is 2. The first-order valence-corrected chi connectivity index (χ1v) is 15.6. The molecule has 12 heteroatoms. The maximum absolute atomic E-state index is 13.0. The largest absolute Gasteiger partial charge is 0.469 e. The number of rotatable bonds is 11. The quantitative estimate of drug-likeness (QED) is 0.303. The normalized spacial score (nSPS) is 24.0. The summed E-state index contributed by atoms with van der Waals surface area (Å²) < 4.78 is 22.3. The fourth-order valence-corrected chi connectivity index (χ4v) is 6.61. The molecule has 0 saturated carbocycles. The predicted octanol–water partition coefficient (Wildman–Crippen LogP) is 2.52. The van der Waals surface area contributed by atoms with Crippen LogP contribution in [-0.4, -0.2) is 115 Å². The van der Waals surface area contributed by atoms with E-state index in [1.54, 1.807) is 0 Å². The van der Waals surface area contributed by atoms with E-state index in [2.05, 4.69) is 19.9 Å². The van der Waals surface area contributed by atoms with Gasteiger partial charge in [-0.3, -0.25) is 14.6 Å². The Hall–Kier alpha value is -2.70. The Morgan fingerprint density at radius 1 is 1.07 bits per heavy atom. The number of methoxy groups -OCH3 is 1. The number of carbonyl (C=O) groups is 2. The number of nitrogens with one attached hydrogen (secondary N) is 1. The fraction of sp³-hybridized carbons (Fsp3) is 0.800. The lowest BCUT2D eigenvalue weighted by molar-refractivity contribution is -0.141. The van der Waals surface area contributed by atoms with Crippen molar-refractivity contribution in [1.82, 2.24) is 25.1 Å². The van der Waals surface area contributed by atoms with Crippen molar-refractivity contribution in [3.05, 3.63) is 11.3 Å². The van der Waals surface area contributed by atoms with Crippen molar-refractivity contribution in [3.8, 4) is 6.01 Å². The van der Waals surface area contributed by atoms with Gasteiger partial charge in [-0.25, -0.2) is 4.79 Å². The lowest BCUT2D eigenvalue weighted by Crippen LogP contribution is -2.57. The number of hydrogen-bond acceptors (Lipinski definition) is 11. The van der Waals surface area contributed by atoms with E-state index in [0.717, 1.165) is 82.8 Å². The van der Waals surface area contributed by atoms with E-state index >= 15 is 0 Å². The monoisotopic (exact) mass is 588 g/mol. The van der Waals surface area contributed by atoms with Crippen molar-refractivity contribution >= 4 is 17.9 Å². The summed E-state index contributed by atoms with van der Waals surface area (Å²) in [5, 5.41) is 3.44. The Morgan fingerprint density at radius 2 is 1.86 bits per heavy atom. The second kappa shape index (κ2) is 13.7. The van der Waals surface area contributed by atoms with Crippen molar-refractivity contribution in [2.45, 2.75) is 96.0 Å². The van der Waals surface area contributed by atoms with E-state index in [9.17, 15) is 9.59 Å². The van der Waals surface area contributed by atoms with Crippen LogP contribution < -0.4 is 15.0 Å². The van der Waals surface area contributed by atoms with Crippen LogP contribution in [0.5, 0.6) is 6.01 Å². The van der Waals surface area contributed by atoms with Gasteiger partial charge >= 0.3 is 18.1 Å². The molecule has 12 nitrogen and oxygen atoms in total. The third kappa shape index (κ3) is 7.62. The van der Waals surface area contributed by atoms with E-state index < -0.39 is 5.60 Å². The lowest BCUT2D eigenvalue weighted by Gasteiger charge is -2.42. The number of ether oxygens (including phenoxy) is 4. The van der Waals surface area contributed by atoms with Gasteiger partial charge in [0.25, 0.3) is 0 Å². The first-order chi connectivity index (χ1) is 20.2. The van der Waals surface area contributed by atoms with Crippen LogP contribution in [0.15, 0.2) is 0 Å². The fourth-order valence-electron chi connectivity index (χ4n) is 6.61. The summed E-state index contributed by atoms with van der Waals surface area (Å²) in [6.45, 7) is 12.4. The number of hydrogen-bond donors (Lipinski definition) is 1. The van der Waals surface area contributed by atoms with E-state index in [-0.39, 0.29) is 30.6 Å². The third-order valence-electron chi connectivity index (χ3n) is 8.60. The second-order valence-corrected chi connectivity index (χ2v) is 12.8. The van der Waals surface area contributed by atoms with Gasteiger partial charge in [0, 0.05) is 44.4 Å². The molecular formula is C30H48N6O6. The summed E-state index contributed by atoms with van der Waals surface area (Å²) in [6.07, 6.45) is 6.04. The smallest absolute Gasteiger partial charge is 0.410 e. The number of likely N-dealkylation sites (tertiary alicyclic amines) is 1. The van der Waals surface area contributed by atoms with E-state index in [4.69, 9.17) is 24.2 Å². The Balaban J connectivity index is 1.19. The van der Waals surface area contributed by atoms with Gasteiger partial charge in [0.05, 0.1) is 37.9 Å². The highest BCUT2D eigenvalue weighted by molar-refractivity contribution is 5.70. The Kier molecular flexibility index (Phi) is 10.1. The number of fused-ring (bicyclic) bond motifs is 3. The van der Waals surface area contributed by atoms with Crippen LogP contribution in [0.25, 0.3) is 0 Å².